The molecule has 326 valence electrons. The van der Waals surface area contributed by atoms with Crippen LogP contribution in [0, 0.1) is 17.8 Å². The Kier molecular flexibility index (Phi) is 17.4. The number of amides is 1. The summed E-state index contributed by atoms with van der Waals surface area (Å²) in [7, 11) is -6.84. The standard InChI is InChI=1S/C41H87NO9Si4/c1-29(26-43)35-41(14,49-35)36(51-55(23,24)40(11,12)13)31(28-48-53(19,20)38(5,6)7)34(45)30(27-47-52(17,18)37(2,3)4)32(25-33(44)42(15)46-16)50-54(21,22)39(8,9)10/h29-32,35-36,43H,25-28H2,1-24H3/t29-,30+,31-,32-,35+,36-,41?/m0/s1. The predicted octanol–water partition coefficient (Wildman–Crippen LogP) is 9.81. The molecule has 0 saturated carbocycles. The molecule has 1 heterocycles. The van der Waals surface area contributed by atoms with E-state index < -0.39 is 62.9 Å². The van der Waals surface area contributed by atoms with Gasteiger partial charge in [0.2, 0.25) is 5.91 Å². The highest BCUT2D eigenvalue weighted by Crippen LogP contribution is 2.51. The lowest BCUT2D eigenvalue weighted by atomic mass is 9.79. The Morgan fingerprint density at radius 2 is 1.09 bits per heavy atom. The number of aliphatic hydroxyl groups is 1. The maximum Gasteiger partial charge on any atom is 0.248 e. The van der Waals surface area contributed by atoms with Gasteiger partial charge in [0, 0.05) is 32.8 Å². The molecule has 0 aromatic rings. The molecule has 1 saturated heterocycles. The highest BCUT2D eigenvalue weighted by molar-refractivity contribution is 6.75. The second kappa shape index (κ2) is 18.1. The summed E-state index contributed by atoms with van der Waals surface area (Å²) in [5, 5.41) is 10.9. The fourth-order valence-corrected chi connectivity index (χ4v) is 10.4. The van der Waals surface area contributed by atoms with E-state index in [9.17, 15) is 9.90 Å². The van der Waals surface area contributed by atoms with E-state index in [1.54, 1.807) is 7.05 Å². The number of hydroxylamine groups is 2. The van der Waals surface area contributed by atoms with Crippen molar-refractivity contribution < 1.29 is 42.0 Å². The number of aliphatic hydroxyl groups excluding tert-OH is 1. The molecule has 1 aliphatic rings. The van der Waals surface area contributed by atoms with Crippen LogP contribution in [0.3, 0.4) is 0 Å². The zero-order chi connectivity index (χ0) is 43.8. The summed E-state index contributed by atoms with van der Waals surface area (Å²) in [6, 6.07) is 0. The molecule has 0 radical (unpaired) electrons. The Morgan fingerprint density at radius 3 is 1.45 bits per heavy atom. The third-order valence-electron chi connectivity index (χ3n) is 14.1. The minimum Gasteiger partial charge on any atom is -0.416 e. The highest BCUT2D eigenvalue weighted by atomic mass is 28.4. The molecule has 7 atom stereocenters. The van der Waals surface area contributed by atoms with Gasteiger partial charge in [-0.05, 0) is 79.5 Å². The van der Waals surface area contributed by atoms with Crippen molar-refractivity contribution in [1.82, 2.24) is 5.06 Å². The van der Waals surface area contributed by atoms with Crippen molar-refractivity contribution in [1.29, 1.82) is 0 Å². The van der Waals surface area contributed by atoms with Gasteiger partial charge in [-0.1, -0.05) is 90.0 Å². The molecule has 1 rings (SSSR count). The maximum atomic E-state index is 16.1. The fraction of sp³-hybridized carbons (Fsp3) is 0.951. The Bertz CT molecular complexity index is 1280. The number of ether oxygens (including phenoxy) is 1. The van der Waals surface area contributed by atoms with Crippen LogP contribution in [0.1, 0.15) is 103 Å². The second-order valence-electron chi connectivity index (χ2n) is 22.6. The first-order valence-corrected chi connectivity index (χ1v) is 32.1. The van der Waals surface area contributed by atoms with Gasteiger partial charge >= 0.3 is 0 Å². The van der Waals surface area contributed by atoms with Crippen molar-refractivity contribution in [3.8, 4) is 0 Å². The van der Waals surface area contributed by atoms with Crippen LogP contribution < -0.4 is 0 Å². The molecule has 1 aliphatic heterocycles. The molecule has 55 heavy (non-hydrogen) atoms. The number of carbonyl (C=O) groups excluding carboxylic acids is 2. The summed E-state index contributed by atoms with van der Waals surface area (Å²) in [4.78, 5) is 35.2. The maximum absolute atomic E-state index is 16.1. The monoisotopic (exact) mass is 850 g/mol. The van der Waals surface area contributed by atoms with Crippen LogP contribution in [0.4, 0.5) is 0 Å². The third-order valence-corrected chi connectivity index (χ3v) is 32.1. The van der Waals surface area contributed by atoms with Crippen LogP contribution in [0.5, 0.6) is 0 Å². The lowest BCUT2D eigenvalue weighted by molar-refractivity contribution is -0.171. The number of carbonyl (C=O) groups is 2. The Balaban J connectivity index is 4.29. The Labute approximate surface area is 342 Å². The molecule has 1 amide bonds. The van der Waals surface area contributed by atoms with Crippen molar-refractivity contribution in [2.45, 2.75) is 200 Å². The average Bonchev–Trinajstić information content (AvgIpc) is 3.69. The van der Waals surface area contributed by atoms with Gasteiger partial charge in [-0.3, -0.25) is 14.4 Å². The van der Waals surface area contributed by atoms with Crippen molar-refractivity contribution in [2.75, 3.05) is 34.0 Å². The van der Waals surface area contributed by atoms with E-state index in [1.165, 1.54) is 12.2 Å². The molecule has 0 bridgehead atoms. The summed E-state index contributed by atoms with van der Waals surface area (Å²) in [6.07, 6.45) is -1.86. The minimum absolute atomic E-state index is 0.0489. The summed E-state index contributed by atoms with van der Waals surface area (Å²) >= 11 is 0. The lowest BCUT2D eigenvalue weighted by Crippen LogP contribution is -2.57. The molecule has 1 unspecified atom stereocenters. The van der Waals surface area contributed by atoms with Crippen LogP contribution in [0.2, 0.25) is 72.5 Å². The van der Waals surface area contributed by atoms with Gasteiger partial charge in [0.25, 0.3) is 0 Å². The largest absolute Gasteiger partial charge is 0.416 e. The summed E-state index contributed by atoms with van der Waals surface area (Å²) in [6.45, 7) is 47.9. The van der Waals surface area contributed by atoms with Gasteiger partial charge in [0.15, 0.2) is 33.3 Å². The number of rotatable bonds is 20. The summed E-state index contributed by atoms with van der Waals surface area (Å²) in [5.74, 6) is -2.16. The van der Waals surface area contributed by atoms with Crippen molar-refractivity contribution >= 4 is 45.0 Å². The van der Waals surface area contributed by atoms with Crippen LogP contribution in [0.25, 0.3) is 0 Å². The third kappa shape index (κ3) is 13.1. The highest BCUT2D eigenvalue weighted by Gasteiger charge is 2.65. The number of epoxide rings is 1. The van der Waals surface area contributed by atoms with Gasteiger partial charge < -0.3 is 27.5 Å². The van der Waals surface area contributed by atoms with Crippen LogP contribution >= 0.6 is 0 Å². The predicted molar refractivity (Wildman–Crippen MR) is 236 cm³/mol. The van der Waals surface area contributed by atoms with E-state index in [-0.39, 0.29) is 70.1 Å². The number of nitrogens with zero attached hydrogens (tertiary/aromatic N) is 1. The van der Waals surface area contributed by atoms with Crippen LogP contribution in [0.15, 0.2) is 0 Å². The molecule has 0 aliphatic carbocycles. The second-order valence-corrected chi connectivity index (χ2v) is 41.8. The Morgan fingerprint density at radius 1 is 0.709 bits per heavy atom. The number of hydrogen-bond donors (Lipinski definition) is 1. The van der Waals surface area contributed by atoms with Gasteiger partial charge in [-0.2, -0.15) is 0 Å². The van der Waals surface area contributed by atoms with E-state index in [0.717, 1.165) is 0 Å². The molecule has 10 nitrogen and oxygen atoms in total. The van der Waals surface area contributed by atoms with Gasteiger partial charge in [-0.25, -0.2) is 5.06 Å². The first kappa shape index (κ1) is 52.7. The van der Waals surface area contributed by atoms with Gasteiger partial charge in [0.05, 0.1) is 43.7 Å². The number of ketones is 1. The number of Topliss-reactive ketones (excluding diaryl/α,β-unsaturated/α-hetero) is 1. The Hall–Kier alpha value is -0.272. The van der Waals surface area contributed by atoms with Crippen molar-refractivity contribution in [2.24, 2.45) is 17.8 Å². The summed E-state index contributed by atoms with van der Waals surface area (Å²) in [5.41, 5.74) is -0.860. The molecule has 1 fully saturated rings. The topological polar surface area (TPSA) is 116 Å². The minimum atomic E-state index is -2.56. The van der Waals surface area contributed by atoms with E-state index in [0.29, 0.717) is 0 Å². The molecule has 0 aromatic heterocycles. The van der Waals surface area contributed by atoms with Crippen LogP contribution in [-0.2, 0) is 36.9 Å². The van der Waals surface area contributed by atoms with E-state index in [4.69, 9.17) is 27.3 Å². The molecule has 0 aromatic carbocycles. The molecular weight excluding hydrogens is 763 g/mol. The molecular formula is C41H87NO9Si4. The van der Waals surface area contributed by atoms with Gasteiger partial charge in [0.1, 0.15) is 11.4 Å². The zero-order valence-electron chi connectivity index (χ0n) is 40.0. The normalized spacial score (nSPS) is 22.2. The molecule has 14 heteroatoms. The smallest absolute Gasteiger partial charge is 0.248 e. The number of hydrogen-bond acceptors (Lipinski definition) is 9. The average molecular weight is 850 g/mol. The first-order chi connectivity index (χ1) is 24.2. The van der Waals surface area contributed by atoms with Gasteiger partial charge in [-0.15, -0.1) is 0 Å². The lowest BCUT2D eigenvalue weighted by Gasteiger charge is -2.46. The van der Waals surface area contributed by atoms with E-state index in [2.05, 4.69) is 135 Å². The summed E-state index contributed by atoms with van der Waals surface area (Å²) < 4.78 is 35.1. The first-order valence-electron chi connectivity index (χ1n) is 20.5. The molecule has 0 spiro atoms. The molecule has 1 N–H and O–H groups in total. The SMILES string of the molecule is CON(C)C(=O)C[C@H](O[Si](C)(C)C(C)(C)C)[C@@H](CO[Si](C)(C)C(C)(C)C)C(=O)[C@H](CO[Si](C)(C)C(C)(C)C)[C@H](O[Si](C)(C)C(C)(C)C)C1(C)O[C@@H]1[C@@H](C)CO. The van der Waals surface area contributed by atoms with E-state index >= 15 is 4.79 Å². The van der Waals surface area contributed by atoms with Crippen LogP contribution in [-0.4, -0.2) is 113 Å². The van der Waals surface area contributed by atoms with E-state index in [1.807, 2.05) is 13.8 Å². The zero-order valence-corrected chi connectivity index (χ0v) is 44.0. The fourth-order valence-electron chi connectivity index (χ4n) is 5.56. The van der Waals surface area contributed by atoms with Crippen molar-refractivity contribution in [3.05, 3.63) is 0 Å². The quantitative estimate of drug-likeness (QED) is 0.0726. The van der Waals surface area contributed by atoms with Crippen molar-refractivity contribution in [3.63, 3.8) is 0 Å².